The van der Waals surface area contributed by atoms with Crippen molar-refractivity contribution in [3.63, 3.8) is 0 Å². The highest BCUT2D eigenvalue weighted by Gasteiger charge is 2.36. The number of benzene rings is 2. The molecule has 0 saturated carbocycles. The van der Waals surface area contributed by atoms with E-state index in [9.17, 15) is 19.5 Å². The Hall–Kier alpha value is -3.39. The molecule has 1 heterocycles. The number of carbonyl (C=O) groups excluding carboxylic acids is 2. The molecule has 186 valence electrons. The average molecular weight is 481 g/mol. The summed E-state index contributed by atoms with van der Waals surface area (Å²) in [6, 6.07) is 16.3. The van der Waals surface area contributed by atoms with Crippen molar-refractivity contribution in [3.05, 3.63) is 59.7 Å². The van der Waals surface area contributed by atoms with E-state index in [2.05, 4.69) is 34.9 Å². The lowest BCUT2D eigenvalue weighted by Gasteiger charge is -2.25. The molecule has 2 aliphatic rings. The molecule has 0 bridgehead atoms. The van der Waals surface area contributed by atoms with Gasteiger partial charge >= 0.3 is 12.1 Å². The fourth-order valence-electron chi connectivity index (χ4n) is 4.82. The summed E-state index contributed by atoms with van der Waals surface area (Å²) in [5.74, 6) is -1.45. The lowest BCUT2D eigenvalue weighted by Crippen LogP contribution is -2.43. The Morgan fingerprint density at radius 3 is 2.29 bits per heavy atom. The molecule has 2 aromatic rings. The molecule has 8 nitrogen and oxygen atoms in total. The van der Waals surface area contributed by atoms with Crippen molar-refractivity contribution in [1.82, 2.24) is 10.6 Å². The van der Waals surface area contributed by atoms with Crippen molar-refractivity contribution < 1.29 is 29.0 Å². The number of hydrogen-bond acceptors (Lipinski definition) is 5. The van der Waals surface area contributed by atoms with E-state index in [1.54, 1.807) is 13.8 Å². The molecule has 0 radical (unpaired) electrons. The number of fused-ring (bicyclic) bond motifs is 3. The highest BCUT2D eigenvalue weighted by molar-refractivity contribution is 5.82. The molecule has 1 aliphatic carbocycles. The third-order valence-corrected chi connectivity index (χ3v) is 6.96. The van der Waals surface area contributed by atoms with Gasteiger partial charge in [0, 0.05) is 36.9 Å². The number of alkyl carbamates (subject to hydrolysis) is 1. The van der Waals surface area contributed by atoms with Gasteiger partial charge in [0.25, 0.3) is 0 Å². The van der Waals surface area contributed by atoms with E-state index in [1.807, 2.05) is 24.3 Å². The average Bonchev–Trinajstić information content (AvgIpc) is 3.44. The summed E-state index contributed by atoms with van der Waals surface area (Å²) >= 11 is 0. The fraction of sp³-hybridized carbons (Fsp3) is 0.444. The third-order valence-electron chi connectivity index (χ3n) is 6.96. The summed E-state index contributed by atoms with van der Waals surface area (Å²) in [5, 5.41) is 14.8. The maximum absolute atomic E-state index is 12.7. The Morgan fingerprint density at radius 2 is 1.66 bits per heavy atom. The number of carboxylic acids is 1. The topological polar surface area (TPSA) is 114 Å². The maximum atomic E-state index is 12.7. The van der Waals surface area contributed by atoms with Gasteiger partial charge in [-0.25, -0.2) is 9.59 Å². The lowest BCUT2D eigenvalue weighted by atomic mass is 9.88. The Kier molecular flexibility index (Phi) is 7.40. The number of ether oxygens (including phenoxy) is 2. The molecule has 1 aliphatic heterocycles. The molecular weight excluding hydrogens is 448 g/mol. The molecule has 1 fully saturated rings. The second-order valence-electron chi connectivity index (χ2n) is 9.77. The first-order chi connectivity index (χ1) is 16.8. The number of nitrogens with one attached hydrogen (secondary N) is 2. The third kappa shape index (κ3) is 5.48. The Bertz CT molecular complexity index is 1050. The Labute approximate surface area is 205 Å². The summed E-state index contributed by atoms with van der Waals surface area (Å²) in [5.41, 5.74) is 3.90. The molecule has 4 rings (SSSR count). The minimum Gasteiger partial charge on any atom is -0.479 e. The Morgan fingerprint density at radius 1 is 1.03 bits per heavy atom. The molecule has 2 amide bonds. The molecular formula is C27H32N2O6. The number of aliphatic carboxylic acids is 1. The molecule has 2 atom stereocenters. The van der Waals surface area contributed by atoms with Gasteiger partial charge in [0.1, 0.15) is 6.61 Å². The number of carbonyl (C=O) groups is 3. The van der Waals surface area contributed by atoms with Crippen LogP contribution in [0.1, 0.15) is 43.7 Å². The van der Waals surface area contributed by atoms with Crippen molar-refractivity contribution in [2.24, 2.45) is 11.3 Å². The minimum atomic E-state index is -1.01. The minimum absolute atomic E-state index is 0.00966. The van der Waals surface area contributed by atoms with Crippen LogP contribution in [0.25, 0.3) is 11.1 Å². The predicted molar refractivity (Wildman–Crippen MR) is 130 cm³/mol. The normalized spacial score (nSPS) is 19.0. The van der Waals surface area contributed by atoms with Crippen LogP contribution in [-0.2, 0) is 19.1 Å². The van der Waals surface area contributed by atoms with Crippen molar-refractivity contribution >= 4 is 18.0 Å². The number of rotatable bonds is 9. The van der Waals surface area contributed by atoms with Gasteiger partial charge in [0.15, 0.2) is 6.10 Å². The van der Waals surface area contributed by atoms with Crippen LogP contribution in [0.5, 0.6) is 0 Å². The smallest absolute Gasteiger partial charge is 0.407 e. The highest BCUT2D eigenvalue weighted by atomic mass is 16.5. The Balaban J connectivity index is 1.23. The van der Waals surface area contributed by atoms with E-state index >= 15 is 0 Å². The first-order valence-electron chi connectivity index (χ1n) is 12.0. The predicted octanol–water partition coefficient (Wildman–Crippen LogP) is 3.55. The van der Waals surface area contributed by atoms with Crippen LogP contribution in [0.4, 0.5) is 4.79 Å². The van der Waals surface area contributed by atoms with Crippen molar-refractivity contribution in [1.29, 1.82) is 0 Å². The largest absolute Gasteiger partial charge is 0.479 e. The SMILES string of the molecule is CC(C)(CCNC(=O)OCC1c2ccccc2-c2ccccc21)C(=O)NC[C@H]1CCO[C@H]1C(=O)O. The van der Waals surface area contributed by atoms with Crippen LogP contribution in [0.2, 0.25) is 0 Å². The summed E-state index contributed by atoms with van der Waals surface area (Å²) in [6.07, 6.45) is -0.391. The number of carboxylic acid groups (broad SMARTS) is 1. The molecule has 35 heavy (non-hydrogen) atoms. The maximum Gasteiger partial charge on any atom is 0.407 e. The van der Waals surface area contributed by atoms with Gasteiger partial charge in [0.05, 0.1) is 0 Å². The second-order valence-corrected chi connectivity index (χ2v) is 9.77. The van der Waals surface area contributed by atoms with Gasteiger partial charge in [-0.15, -0.1) is 0 Å². The van der Waals surface area contributed by atoms with Gasteiger partial charge in [-0.3, -0.25) is 4.79 Å². The van der Waals surface area contributed by atoms with E-state index in [4.69, 9.17) is 9.47 Å². The fourth-order valence-corrected chi connectivity index (χ4v) is 4.82. The van der Waals surface area contributed by atoms with Crippen LogP contribution in [0, 0.1) is 11.3 Å². The van der Waals surface area contributed by atoms with E-state index in [1.165, 1.54) is 11.1 Å². The zero-order valence-electron chi connectivity index (χ0n) is 20.1. The molecule has 0 aromatic heterocycles. The zero-order chi connectivity index (χ0) is 25.0. The summed E-state index contributed by atoms with van der Waals surface area (Å²) < 4.78 is 10.8. The van der Waals surface area contributed by atoms with Crippen LogP contribution in [0.15, 0.2) is 48.5 Å². The van der Waals surface area contributed by atoms with E-state index in [0.717, 1.165) is 11.1 Å². The van der Waals surface area contributed by atoms with Crippen LogP contribution >= 0.6 is 0 Å². The first-order valence-corrected chi connectivity index (χ1v) is 12.0. The molecule has 1 saturated heterocycles. The van der Waals surface area contributed by atoms with Crippen LogP contribution < -0.4 is 10.6 Å². The lowest BCUT2D eigenvalue weighted by molar-refractivity contribution is -0.149. The first kappa shape index (κ1) is 24.7. The van der Waals surface area contributed by atoms with Crippen LogP contribution in [0.3, 0.4) is 0 Å². The molecule has 0 unspecified atom stereocenters. The standard InChI is InChI=1S/C27H32N2O6/c1-27(2,25(32)29-15-17-11-14-34-23(17)24(30)31)12-13-28-26(33)35-16-22-20-9-5-3-7-18(20)19-8-4-6-10-21(19)22/h3-10,17,22-23H,11-16H2,1-2H3,(H,28,33)(H,29,32)(H,30,31)/t17-,23-/m1/s1. The molecule has 8 heteroatoms. The van der Waals surface area contributed by atoms with E-state index < -0.39 is 23.6 Å². The van der Waals surface area contributed by atoms with E-state index in [-0.39, 0.29) is 37.4 Å². The highest BCUT2D eigenvalue weighted by Crippen LogP contribution is 2.44. The van der Waals surface area contributed by atoms with Crippen LogP contribution in [-0.4, -0.2) is 55.5 Å². The molecule has 0 spiro atoms. The summed E-state index contributed by atoms with van der Waals surface area (Å²) in [4.78, 5) is 36.3. The van der Waals surface area contributed by atoms with Gasteiger partial charge in [0.2, 0.25) is 5.91 Å². The quantitative estimate of drug-likeness (QED) is 0.506. The zero-order valence-corrected chi connectivity index (χ0v) is 20.1. The second kappa shape index (κ2) is 10.5. The molecule has 3 N–H and O–H groups in total. The summed E-state index contributed by atoms with van der Waals surface area (Å²) in [6.45, 7) is 4.73. The number of hydrogen-bond donors (Lipinski definition) is 3. The van der Waals surface area contributed by atoms with Gasteiger partial charge in [-0.05, 0) is 35.1 Å². The van der Waals surface area contributed by atoms with Gasteiger partial charge in [-0.2, -0.15) is 0 Å². The van der Waals surface area contributed by atoms with Gasteiger partial charge in [-0.1, -0.05) is 62.4 Å². The monoisotopic (exact) mass is 480 g/mol. The summed E-state index contributed by atoms with van der Waals surface area (Å²) in [7, 11) is 0. The van der Waals surface area contributed by atoms with Crippen molar-refractivity contribution in [3.8, 4) is 11.1 Å². The van der Waals surface area contributed by atoms with Gasteiger partial charge < -0.3 is 25.2 Å². The molecule has 2 aromatic carbocycles. The van der Waals surface area contributed by atoms with E-state index in [0.29, 0.717) is 19.4 Å². The number of amides is 2. The van der Waals surface area contributed by atoms with Crippen molar-refractivity contribution in [2.45, 2.75) is 38.7 Å². The van der Waals surface area contributed by atoms with Crippen molar-refractivity contribution in [2.75, 3.05) is 26.3 Å².